The summed E-state index contributed by atoms with van der Waals surface area (Å²) in [5, 5.41) is 0. The first-order chi connectivity index (χ1) is 6.61. The van der Waals surface area contributed by atoms with E-state index >= 15 is 0 Å². The molecule has 1 aromatic rings. The third kappa shape index (κ3) is 2.90. The van der Waals surface area contributed by atoms with Crippen LogP contribution < -0.4 is 0 Å². The van der Waals surface area contributed by atoms with Crippen molar-refractivity contribution in [2.24, 2.45) is 0 Å². The molecule has 0 saturated carbocycles. The van der Waals surface area contributed by atoms with Crippen LogP contribution >= 0.6 is 15.9 Å². The highest BCUT2D eigenvalue weighted by Gasteiger charge is 1.97. The molecule has 0 aliphatic heterocycles. The van der Waals surface area contributed by atoms with Crippen molar-refractivity contribution in [1.82, 2.24) is 4.90 Å². The van der Waals surface area contributed by atoms with E-state index in [4.69, 9.17) is 0 Å². The fourth-order valence-electron chi connectivity index (χ4n) is 0.795. The van der Waals surface area contributed by atoms with Crippen molar-refractivity contribution in [3.8, 4) is 11.8 Å². The highest BCUT2D eigenvalue weighted by atomic mass is 79.9. The molecular formula is C11H10BrNO. The lowest BCUT2D eigenvalue weighted by Crippen LogP contribution is -2.19. The van der Waals surface area contributed by atoms with Gasteiger partial charge < -0.3 is 4.90 Å². The highest BCUT2D eigenvalue weighted by molar-refractivity contribution is 9.10. The molecule has 0 spiro atoms. The summed E-state index contributed by atoms with van der Waals surface area (Å²) in [6.07, 6.45) is 0. The van der Waals surface area contributed by atoms with Gasteiger partial charge in [0, 0.05) is 30.1 Å². The van der Waals surface area contributed by atoms with Gasteiger partial charge in [-0.15, -0.1) is 0 Å². The molecule has 3 heteroatoms. The minimum absolute atomic E-state index is 0.194. The Bertz CT molecular complexity index is 401. The van der Waals surface area contributed by atoms with Crippen LogP contribution in [0.15, 0.2) is 28.7 Å². The molecule has 0 N–H and O–H groups in total. The lowest BCUT2D eigenvalue weighted by atomic mass is 10.2. The number of nitrogens with zero attached hydrogens (tertiary/aromatic N) is 1. The predicted molar refractivity (Wildman–Crippen MR) is 59.7 cm³/mol. The van der Waals surface area contributed by atoms with Gasteiger partial charge in [0.1, 0.15) is 0 Å². The van der Waals surface area contributed by atoms with E-state index in [1.54, 1.807) is 14.1 Å². The summed E-state index contributed by atoms with van der Waals surface area (Å²) < 4.78 is 0.902. The van der Waals surface area contributed by atoms with Crippen LogP contribution in [0.2, 0.25) is 0 Å². The molecule has 1 rings (SSSR count). The Morgan fingerprint density at radius 1 is 1.36 bits per heavy atom. The van der Waals surface area contributed by atoms with E-state index in [1.807, 2.05) is 24.3 Å². The summed E-state index contributed by atoms with van der Waals surface area (Å²) in [6.45, 7) is 0. The van der Waals surface area contributed by atoms with Crippen molar-refractivity contribution in [3.63, 3.8) is 0 Å². The molecule has 0 bridgehead atoms. The maximum Gasteiger partial charge on any atom is 0.298 e. The Balaban J connectivity index is 2.88. The molecule has 1 aromatic carbocycles. The number of carbonyl (C=O) groups excluding carboxylic acids is 1. The molecule has 0 heterocycles. The summed E-state index contributed by atoms with van der Waals surface area (Å²) in [5.41, 5.74) is 0.822. The second-order valence-electron chi connectivity index (χ2n) is 2.93. The molecule has 72 valence electrons. The standard InChI is InChI=1S/C11H10BrNO/c1-13(2)11(14)8-7-9-5-3-4-6-10(9)12/h3-6H,1-2H3. The molecule has 0 atom stereocenters. The van der Waals surface area contributed by atoms with Gasteiger partial charge in [-0.05, 0) is 28.1 Å². The summed E-state index contributed by atoms with van der Waals surface area (Å²) >= 11 is 3.36. The van der Waals surface area contributed by atoms with E-state index in [0.717, 1.165) is 10.0 Å². The van der Waals surface area contributed by atoms with Gasteiger partial charge in [-0.1, -0.05) is 18.1 Å². The van der Waals surface area contributed by atoms with Crippen LogP contribution in [0, 0.1) is 11.8 Å². The Labute approximate surface area is 92.0 Å². The van der Waals surface area contributed by atoms with Crippen molar-refractivity contribution in [1.29, 1.82) is 0 Å². The molecule has 0 unspecified atom stereocenters. The van der Waals surface area contributed by atoms with Crippen molar-refractivity contribution in [3.05, 3.63) is 34.3 Å². The first-order valence-corrected chi connectivity index (χ1v) is 4.88. The summed E-state index contributed by atoms with van der Waals surface area (Å²) in [4.78, 5) is 12.6. The molecule has 14 heavy (non-hydrogen) atoms. The van der Waals surface area contributed by atoms with E-state index in [-0.39, 0.29) is 5.91 Å². The molecule has 0 aliphatic carbocycles. The third-order valence-electron chi connectivity index (χ3n) is 1.58. The monoisotopic (exact) mass is 251 g/mol. The zero-order chi connectivity index (χ0) is 10.6. The van der Waals surface area contributed by atoms with Crippen molar-refractivity contribution in [2.75, 3.05) is 14.1 Å². The zero-order valence-corrected chi connectivity index (χ0v) is 9.63. The molecule has 0 radical (unpaired) electrons. The Hall–Kier alpha value is -1.27. The van der Waals surface area contributed by atoms with E-state index in [0.29, 0.717) is 0 Å². The van der Waals surface area contributed by atoms with Crippen LogP contribution in [0.3, 0.4) is 0 Å². The van der Waals surface area contributed by atoms with Gasteiger partial charge in [0.2, 0.25) is 0 Å². The maximum absolute atomic E-state index is 11.2. The number of halogens is 1. The van der Waals surface area contributed by atoms with E-state index in [1.165, 1.54) is 4.90 Å². The molecule has 0 aliphatic rings. The largest absolute Gasteiger partial charge is 0.338 e. The van der Waals surface area contributed by atoms with Crippen LogP contribution in [0.25, 0.3) is 0 Å². The number of benzene rings is 1. The van der Waals surface area contributed by atoms with Gasteiger partial charge in [0.25, 0.3) is 5.91 Å². The second kappa shape index (κ2) is 4.83. The smallest absolute Gasteiger partial charge is 0.298 e. The van der Waals surface area contributed by atoms with Crippen molar-refractivity contribution in [2.45, 2.75) is 0 Å². The SMILES string of the molecule is CN(C)C(=O)C#Cc1ccccc1Br. The number of carbonyl (C=O) groups is 1. The van der Waals surface area contributed by atoms with Gasteiger partial charge >= 0.3 is 0 Å². The zero-order valence-electron chi connectivity index (χ0n) is 8.04. The number of rotatable bonds is 0. The van der Waals surface area contributed by atoms with Crippen LogP contribution in [-0.2, 0) is 4.79 Å². The maximum atomic E-state index is 11.2. The average Bonchev–Trinajstić information content (AvgIpc) is 2.16. The van der Waals surface area contributed by atoms with Crippen LogP contribution in [0.1, 0.15) is 5.56 Å². The minimum atomic E-state index is -0.194. The normalized spacial score (nSPS) is 8.79. The summed E-state index contributed by atoms with van der Waals surface area (Å²) in [7, 11) is 3.36. The number of hydrogen-bond acceptors (Lipinski definition) is 1. The van der Waals surface area contributed by atoms with Gasteiger partial charge in [0.05, 0.1) is 0 Å². The third-order valence-corrected chi connectivity index (χ3v) is 2.28. The first kappa shape index (κ1) is 10.8. The van der Waals surface area contributed by atoms with Crippen LogP contribution in [0.5, 0.6) is 0 Å². The van der Waals surface area contributed by atoms with Gasteiger partial charge in [-0.3, -0.25) is 4.79 Å². The average molecular weight is 252 g/mol. The summed E-state index contributed by atoms with van der Waals surface area (Å²) in [5.74, 6) is 5.16. The molecule has 0 fully saturated rings. The van der Waals surface area contributed by atoms with Crippen molar-refractivity contribution < 1.29 is 4.79 Å². The van der Waals surface area contributed by atoms with E-state index in [9.17, 15) is 4.79 Å². The lowest BCUT2D eigenvalue weighted by Gasteiger charge is -2.02. The van der Waals surface area contributed by atoms with Crippen molar-refractivity contribution >= 4 is 21.8 Å². The van der Waals surface area contributed by atoms with Crippen LogP contribution in [0.4, 0.5) is 0 Å². The minimum Gasteiger partial charge on any atom is -0.338 e. The fourth-order valence-corrected chi connectivity index (χ4v) is 1.18. The molecular weight excluding hydrogens is 242 g/mol. The number of hydrogen-bond donors (Lipinski definition) is 0. The topological polar surface area (TPSA) is 20.3 Å². The number of amides is 1. The first-order valence-electron chi connectivity index (χ1n) is 4.09. The molecule has 0 aromatic heterocycles. The van der Waals surface area contributed by atoms with Gasteiger partial charge in [-0.2, -0.15) is 0 Å². The Kier molecular flexibility index (Phi) is 3.73. The Morgan fingerprint density at radius 2 is 2.00 bits per heavy atom. The predicted octanol–water partition coefficient (Wildman–Crippen LogP) is 1.89. The van der Waals surface area contributed by atoms with E-state index < -0.39 is 0 Å². The fraction of sp³-hybridized carbons (Fsp3) is 0.182. The van der Waals surface area contributed by atoms with E-state index in [2.05, 4.69) is 27.8 Å². The molecule has 1 amide bonds. The highest BCUT2D eigenvalue weighted by Crippen LogP contribution is 2.13. The van der Waals surface area contributed by atoms with Gasteiger partial charge in [0.15, 0.2) is 0 Å². The summed E-state index contributed by atoms with van der Waals surface area (Å²) in [6, 6.07) is 7.54. The lowest BCUT2D eigenvalue weighted by molar-refractivity contribution is -0.122. The quantitative estimate of drug-likeness (QED) is 0.646. The Morgan fingerprint density at radius 3 is 2.57 bits per heavy atom. The molecule has 0 saturated heterocycles. The second-order valence-corrected chi connectivity index (χ2v) is 3.78. The van der Waals surface area contributed by atoms with Gasteiger partial charge in [-0.25, -0.2) is 0 Å². The van der Waals surface area contributed by atoms with Crippen LogP contribution in [-0.4, -0.2) is 24.9 Å². The molecule has 2 nitrogen and oxygen atoms in total.